The highest BCUT2D eigenvalue weighted by atomic mass is 32.1. The summed E-state index contributed by atoms with van der Waals surface area (Å²) in [6, 6.07) is 0. The van der Waals surface area contributed by atoms with Crippen molar-refractivity contribution >= 4 is 34.3 Å². The maximum atomic E-state index is 11.5. The minimum atomic E-state index is -1.62. The molecule has 0 atom stereocenters. The smallest absolute Gasteiger partial charge is 0.423 e. The van der Waals surface area contributed by atoms with E-state index in [2.05, 4.69) is 20.3 Å². The van der Waals surface area contributed by atoms with Gasteiger partial charge in [0.2, 0.25) is 0 Å². The second kappa shape index (κ2) is 4.53. The molecule has 0 saturated carbocycles. The monoisotopic (exact) mass is 254 g/mol. The van der Waals surface area contributed by atoms with Crippen molar-refractivity contribution in [2.24, 2.45) is 0 Å². The van der Waals surface area contributed by atoms with Gasteiger partial charge in [-0.25, -0.2) is 9.78 Å². The Hall–Kier alpha value is -1.91. The molecule has 2 aromatic rings. The average molecular weight is 254 g/mol. The highest BCUT2D eigenvalue weighted by Crippen LogP contribution is 2.10. The molecule has 10 heteroatoms. The fourth-order valence-electron chi connectivity index (χ4n) is 1.08. The molecule has 8 nitrogen and oxygen atoms in total. The van der Waals surface area contributed by atoms with Gasteiger partial charge in [0, 0.05) is 12.4 Å². The molecule has 2 rings (SSSR count). The Bertz CT molecular complexity index is 588. The zero-order chi connectivity index (χ0) is 12.4. The first-order chi connectivity index (χ1) is 8.06. The summed E-state index contributed by atoms with van der Waals surface area (Å²) in [4.78, 5) is 30.7. The summed E-state index contributed by atoms with van der Waals surface area (Å²) in [7, 11) is -1.62. The van der Waals surface area contributed by atoms with E-state index in [0.717, 1.165) is 11.3 Å². The van der Waals surface area contributed by atoms with E-state index in [-0.39, 0.29) is 15.6 Å². The average Bonchev–Trinajstić information content (AvgIpc) is 2.86. The number of carbonyl (C=O) groups excluding carboxylic acids is 1. The molecule has 0 saturated heterocycles. The first-order valence-corrected chi connectivity index (χ1v) is 5.29. The lowest BCUT2D eigenvalue weighted by molar-refractivity contribution is 0.102. The fraction of sp³-hybridized carbons (Fsp3) is 0. The summed E-state index contributed by atoms with van der Waals surface area (Å²) < 4.78 is 0.211. The first-order valence-electron chi connectivity index (χ1n) is 4.47. The number of amides is 1. The van der Waals surface area contributed by atoms with Crippen LogP contribution in [0.4, 0.5) is 5.13 Å². The SMILES string of the molecule is O=C(Nc1ncc(B(O)O)s1)c1c[nH]c(=O)[nH]1. The van der Waals surface area contributed by atoms with E-state index in [4.69, 9.17) is 10.0 Å². The maximum Gasteiger partial charge on any atom is 0.500 e. The van der Waals surface area contributed by atoms with Gasteiger partial charge in [-0.1, -0.05) is 0 Å². The van der Waals surface area contributed by atoms with Crippen molar-refractivity contribution in [3.05, 3.63) is 28.6 Å². The van der Waals surface area contributed by atoms with E-state index in [9.17, 15) is 9.59 Å². The van der Waals surface area contributed by atoms with Crippen LogP contribution in [0, 0.1) is 0 Å². The van der Waals surface area contributed by atoms with Crippen LogP contribution in [-0.4, -0.2) is 38.0 Å². The molecule has 0 aromatic carbocycles. The van der Waals surface area contributed by atoms with Crippen LogP contribution < -0.4 is 15.8 Å². The van der Waals surface area contributed by atoms with Crippen LogP contribution in [-0.2, 0) is 0 Å². The molecule has 5 N–H and O–H groups in total. The normalized spacial score (nSPS) is 10.2. The highest BCUT2D eigenvalue weighted by molar-refractivity contribution is 7.25. The van der Waals surface area contributed by atoms with Gasteiger partial charge in [0.15, 0.2) is 5.13 Å². The van der Waals surface area contributed by atoms with E-state index in [1.165, 1.54) is 12.4 Å². The Morgan fingerprint density at radius 1 is 1.53 bits per heavy atom. The molecular weight excluding hydrogens is 247 g/mol. The van der Waals surface area contributed by atoms with E-state index in [1.54, 1.807) is 0 Å². The molecule has 88 valence electrons. The molecule has 17 heavy (non-hydrogen) atoms. The summed E-state index contributed by atoms with van der Waals surface area (Å²) in [6.07, 6.45) is 2.47. The number of hydrogen-bond donors (Lipinski definition) is 5. The van der Waals surface area contributed by atoms with Gasteiger partial charge in [0.1, 0.15) is 5.69 Å². The topological polar surface area (TPSA) is 131 Å². The Balaban J connectivity index is 2.10. The number of aromatic nitrogens is 3. The number of nitrogens with zero attached hydrogens (tertiary/aromatic N) is 1. The molecule has 0 radical (unpaired) electrons. The number of imidazole rings is 1. The molecule has 2 aromatic heterocycles. The van der Waals surface area contributed by atoms with Crippen LogP contribution in [0.5, 0.6) is 0 Å². The number of carbonyl (C=O) groups is 1. The van der Waals surface area contributed by atoms with Crippen molar-refractivity contribution in [2.75, 3.05) is 5.32 Å². The Labute approximate surface area is 98.5 Å². The largest absolute Gasteiger partial charge is 0.500 e. The van der Waals surface area contributed by atoms with Crippen molar-refractivity contribution in [2.45, 2.75) is 0 Å². The van der Waals surface area contributed by atoms with Crippen LogP contribution >= 0.6 is 11.3 Å². The lowest BCUT2D eigenvalue weighted by atomic mass is 9.91. The lowest BCUT2D eigenvalue weighted by Crippen LogP contribution is -2.26. The predicted octanol–water partition coefficient (Wildman–Crippen LogP) is -1.91. The third kappa shape index (κ3) is 2.61. The van der Waals surface area contributed by atoms with E-state index in [1.807, 2.05) is 0 Å². The zero-order valence-corrected chi connectivity index (χ0v) is 9.11. The van der Waals surface area contributed by atoms with Gasteiger partial charge in [-0.15, -0.1) is 11.3 Å². The molecular formula is C7H7BN4O4S. The number of rotatable bonds is 3. The minimum absolute atomic E-state index is 0.0660. The lowest BCUT2D eigenvalue weighted by Gasteiger charge is -1.97. The Kier molecular flexibility index (Phi) is 3.09. The van der Waals surface area contributed by atoms with Gasteiger partial charge in [-0.2, -0.15) is 0 Å². The molecule has 1 amide bonds. The highest BCUT2D eigenvalue weighted by Gasteiger charge is 2.16. The number of H-pyrrole nitrogens is 2. The van der Waals surface area contributed by atoms with Crippen LogP contribution in [0.15, 0.2) is 17.2 Å². The van der Waals surface area contributed by atoms with Crippen molar-refractivity contribution < 1.29 is 14.8 Å². The van der Waals surface area contributed by atoms with Crippen LogP contribution in [0.25, 0.3) is 0 Å². The molecule has 0 unspecified atom stereocenters. The number of hydrogen-bond acceptors (Lipinski definition) is 6. The van der Waals surface area contributed by atoms with Gasteiger partial charge < -0.3 is 20.0 Å². The number of thiazole rings is 1. The Morgan fingerprint density at radius 3 is 2.82 bits per heavy atom. The van der Waals surface area contributed by atoms with Crippen LogP contribution in [0.2, 0.25) is 0 Å². The van der Waals surface area contributed by atoms with Crippen molar-refractivity contribution in [3.8, 4) is 0 Å². The standard InChI is InChI=1S/C7H7BN4O4S/c13-5(3-1-9-6(14)11-3)12-7-10-2-4(17-7)8(15)16/h1-2,15-16H,(H2,9,11,14)(H,10,12,13). The molecule has 0 aliphatic rings. The first kappa shape index (κ1) is 11.6. The second-order valence-corrected chi connectivity index (χ2v) is 4.11. The molecule has 0 aliphatic carbocycles. The predicted molar refractivity (Wildman–Crippen MR) is 61.3 cm³/mol. The summed E-state index contributed by atoms with van der Waals surface area (Å²) in [5, 5.41) is 20.3. The molecule has 0 spiro atoms. The van der Waals surface area contributed by atoms with E-state index < -0.39 is 18.7 Å². The third-order valence-corrected chi connectivity index (χ3v) is 2.79. The zero-order valence-electron chi connectivity index (χ0n) is 8.30. The number of anilines is 1. The fourth-order valence-corrected chi connectivity index (χ4v) is 1.77. The summed E-state index contributed by atoms with van der Waals surface area (Å²) in [5.41, 5.74) is -0.419. The Morgan fingerprint density at radius 2 is 2.29 bits per heavy atom. The third-order valence-electron chi connectivity index (χ3n) is 1.84. The summed E-state index contributed by atoms with van der Waals surface area (Å²) in [6.45, 7) is 0. The van der Waals surface area contributed by atoms with Gasteiger partial charge in [0.25, 0.3) is 5.91 Å². The van der Waals surface area contributed by atoms with Crippen molar-refractivity contribution in [1.29, 1.82) is 0 Å². The second-order valence-electron chi connectivity index (χ2n) is 3.05. The summed E-state index contributed by atoms with van der Waals surface area (Å²) >= 11 is 0.926. The quantitative estimate of drug-likeness (QED) is 0.408. The maximum absolute atomic E-state index is 11.5. The van der Waals surface area contributed by atoms with E-state index >= 15 is 0 Å². The summed E-state index contributed by atoms with van der Waals surface area (Å²) in [5.74, 6) is -0.545. The molecule has 0 fully saturated rings. The minimum Gasteiger partial charge on any atom is -0.423 e. The molecule has 2 heterocycles. The van der Waals surface area contributed by atoms with Crippen molar-refractivity contribution in [3.63, 3.8) is 0 Å². The van der Waals surface area contributed by atoms with Crippen LogP contribution in [0.1, 0.15) is 10.5 Å². The number of aromatic amines is 2. The van der Waals surface area contributed by atoms with Crippen LogP contribution in [0.3, 0.4) is 0 Å². The molecule has 0 bridgehead atoms. The van der Waals surface area contributed by atoms with Gasteiger partial charge in [-0.05, 0) is 0 Å². The van der Waals surface area contributed by atoms with Gasteiger partial charge >= 0.3 is 12.8 Å². The molecule has 0 aliphatic heterocycles. The van der Waals surface area contributed by atoms with Crippen molar-refractivity contribution in [1.82, 2.24) is 15.0 Å². The van der Waals surface area contributed by atoms with Gasteiger partial charge in [-0.3, -0.25) is 10.1 Å². The van der Waals surface area contributed by atoms with Gasteiger partial charge in [0.05, 0.1) is 4.78 Å². The van der Waals surface area contributed by atoms with E-state index in [0.29, 0.717) is 0 Å². The number of nitrogens with one attached hydrogen (secondary N) is 3.